The highest BCUT2D eigenvalue weighted by atomic mass is 127. The number of anilines is 2. The first-order chi connectivity index (χ1) is 9.70. The molecular formula is C14H14FIN2O2S. The van der Waals surface area contributed by atoms with Gasteiger partial charge in [-0.1, -0.05) is 0 Å². The topological polar surface area (TPSA) is 72.2 Å². The first-order valence-corrected chi connectivity index (χ1v) is 8.61. The number of aryl methyl sites for hydroxylation is 1. The fraction of sp³-hybridized carbons (Fsp3) is 0.143. The van der Waals surface area contributed by atoms with Crippen LogP contribution >= 0.6 is 22.6 Å². The standard InChI is InChI=1S/C14H14FIN2O2S/c1-8-5-11(17)7-14(9(8)2)21(19,20)18-13-4-3-10(15)6-12(13)16/h3-7,18H,17H2,1-2H3. The number of hydrogen-bond acceptors (Lipinski definition) is 3. The number of nitrogens with two attached hydrogens (primary N) is 1. The van der Waals surface area contributed by atoms with Crippen molar-refractivity contribution in [2.24, 2.45) is 0 Å². The van der Waals surface area contributed by atoms with Gasteiger partial charge in [0.05, 0.1) is 10.6 Å². The lowest BCUT2D eigenvalue weighted by Crippen LogP contribution is -2.16. The van der Waals surface area contributed by atoms with Crippen LogP contribution in [0.25, 0.3) is 0 Å². The highest BCUT2D eigenvalue weighted by Crippen LogP contribution is 2.26. The Bertz CT molecular complexity index is 807. The van der Waals surface area contributed by atoms with E-state index in [1.165, 1.54) is 24.3 Å². The Morgan fingerprint density at radius 2 is 1.86 bits per heavy atom. The van der Waals surface area contributed by atoms with Gasteiger partial charge in [0.2, 0.25) is 0 Å². The smallest absolute Gasteiger partial charge is 0.262 e. The molecule has 0 radical (unpaired) electrons. The predicted molar refractivity (Wildman–Crippen MR) is 90.3 cm³/mol. The Balaban J connectivity index is 2.48. The van der Waals surface area contributed by atoms with Gasteiger partial charge in [-0.3, -0.25) is 4.72 Å². The minimum Gasteiger partial charge on any atom is -0.399 e. The molecule has 0 amide bonds. The molecule has 0 saturated heterocycles. The normalized spacial score (nSPS) is 11.4. The fourth-order valence-electron chi connectivity index (χ4n) is 1.90. The van der Waals surface area contributed by atoms with Crippen molar-refractivity contribution in [3.8, 4) is 0 Å². The minimum absolute atomic E-state index is 0.125. The third-order valence-electron chi connectivity index (χ3n) is 3.11. The van der Waals surface area contributed by atoms with Gasteiger partial charge < -0.3 is 5.73 Å². The van der Waals surface area contributed by atoms with Crippen molar-refractivity contribution in [1.82, 2.24) is 0 Å². The average Bonchev–Trinajstić information content (AvgIpc) is 2.37. The molecule has 0 bridgehead atoms. The van der Waals surface area contributed by atoms with Crippen LogP contribution in [-0.4, -0.2) is 8.42 Å². The molecule has 112 valence electrons. The van der Waals surface area contributed by atoms with Crippen molar-refractivity contribution in [3.63, 3.8) is 0 Å². The highest BCUT2D eigenvalue weighted by molar-refractivity contribution is 14.1. The third kappa shape index (κ3) is 3.46. The van der Waals surface area contributed by atoms with E-state index in [2.05, 4.69) is 4.72 Å². The summed E-state index contributed by atoms with van der Waals surface area (Å²) in [6, 6.07) is 6.99. The van der Waals surface area contributed by atoms with Gasteiger partial charge in [0.1, 0.15) is 5.82 Å². The summed E-state index contributed by atoms with van der Waals surface area (Å²) in [6.45, 7) is 3.52. The Labute approximate surface area is 136 Å². The molecule has 2 aromatic rings. The first-order valence-electron chi connectivity index (χ1n) is 6.05. The molecule has 21 heavy (non-hydrogen) atoms. The Kier molecular flexibility index (Phi) is 4.43. The van der Waals surface area contributed by atoms with Crippen LogP contribution in [0.1, 0.15) is 11.1 Å². The Hall–Kier alpha value is -1.35. The van der Waals surface area contributed by atoms with Crippen LogP contribution in [0.15, 0.2) is 35.2 Å². The summed E-state index contributed by atoms with van der Waals surface area (Å²) >= 11 is 1.88. The molecule has 0 atom stereocenters. The zero-order chi connectivity index (χ0) is 15.8. The van der Waals surface area contributed by atoms with Crippen LogP contribution in [0.3, 0.4) is 0 Å². The maximum absolute atomic E-state index is 13.1. The van der Waals surface area contributed by atoms with E-state index < -0.39 is 15.8 Å². The van der Waals surface area contributed by atoms with Crippen LogP contribution in [0.4, 0.5) is 15.8 Å². The van der Waals surface area contributed by atoms with Crippen molar-refractivity contribution in [2.75, 3.05) is 10.5 Å². The molecule has 0 spiro atoms. The first kappa shape index (κ1) is 16.0. The summed E-state index contributed by atoms with van der Waals surface area (Å²) in [5.41, 5.74) is 7.87. The van der Waals surface area contributed by atoms with Crippen LogP contribution in [0.2, 0.25) is 0 Å². The largest absolute Gasteiger partial charge is 0.399 e. The lowest BCUT2D eigenvalue weighted by molar-refractivity contribution is 0.600. The van der Waals surface area contributed by atoms with Crippen LogP contribution < -0.4 is 10.5 Å². The molecule has 2 rings (SSSR count). The fourth-order valence-corrected chi connectivity index (χ4v) is 4.13. The number of benzene rings is 2. The highest BCUT2D eigenvalue weighted by Gasteiger charge is 2.20. The van der Waals surface area contributed by atoms with Gasteiger partial charge in [-0.2, -0.15) is 0 Å². The minimum atomic E-state index is -3.78. The Morgan fingerprint density at radius 3 is 2.48 bits per heavy atom. The zero-order valence-corrected chi connectivity index (χ0v) is 14.4. The number of rotatable bonds is 3. The molecule has 4 nitrogen and oxygen atoms in total. The maximum Gasteiger partial charge on any atom is 0.262 e. The lowest BCUT2D eigenvalue weighted by Gasteiger charge is -2.14. The van der Waals surface area contributed by atoms with Crippen LogP contribution in [0.5, 0.6) is 0 Å². The predicted octanol–water partition coefficient (Wildman–Crippen LogP) is 3.43. The summed E-state index contributed by atoms with van der Waals surface area (Å²) < 4.78 is 41.0. The monoisotopic (exact) mass is 420 g/mol. The second kappa shape index (κ2) is 5.80. The van der Waals surface area contributed by atoms with E-state index in [1.54, 1.807) is 19.9 Å². The van der Waals surface area contributed by atoms with Crippen molar-refractivity contribution in [3.05, 3.63) is 50.8 Å². The number of halogens is 2. The molecule has 0 fully saturated rings. The molecule has 0 saturated carbocycles. The second-order valence-corrected chi connectivity index (χ2v) is 7.50. The van der Waals surface area contributed by atoms with Crippen LogP contribution in [0, 0.1) is 23.2 Å². The number of nitrogen functional groups attached to an aromatic ring is 1. The molecule has 0 aliphatic rings. The molecule has 7 heteroatoms. The number of hydrogen-bond donors (Lipinski definition) is 2. The van der Waals surface area contributed by atoms with Gasteiger partial charge >= 0.3 is 0 Å². The van der Waals surface area contributed by atoms with Gasteiger partial charge in [0.15, 0.2) is 0 Å². The maximum atomic E-state index is 13.1. The summed E-state index contributed by atoms with van der Waals surface area (Å²) in [5.74, 6) is -0.418. The van der Waals surface area contributed by atoms with E-state index in [0.717, 1.165) is 5.56 Å². The van der Waals surface area contributed by atoms with Gasteiger partial charge in [-0.25, -0.2) is 12.8 Å². The van der Waals surface area contributed by atoms with E-state index >= 15 is 0 Å². The number of nitrogens with one attached hydrogen (secondary N) is 1. The molecule has 0 aromatic heterocycles. The molecular weight excluding hydrogens is 406 g/mol. The van der Waals surface area contributed by atoms with Crippen molar-refractivity contribution in [2.45, 2.75) is 18.7 Å². The second-order valence-electron chi connectivity index (χ2n) is 4.69. The molecule has 0 unspecified atom stereocenters. The third-order valence-corrected chi connectivity index (χ3v) is 5.49. The number of sulfonamides is 1. The van der Waals surface area contributed by atoms with Crippen LogP contribution in [-0.2, 0) is 10.0 Å². The summed E-state index contributed by atoms with van der Waals surface area (Å²) in [6.07, 6.45) is 0. The van der Waals surface area contributed by atoms with Gasteiger partial charge in [0.25, 0.3) is 10.0 Å². The van der Waals surface area contributed by atoms with E-state index in [-0.39, 0.29) is 4.90 Å². The molecule has 0 heterocycles. The molecule has 3 N–H and O–H groups in total. The quantitative estimate of drug-likeness (QED) is 0.591. The average molecular weight is 420 g/mol. The summed E-state index contributed by atoms with van der Waals surface area (Å²) in [4.78, 5) is 0.125. The SMILES string of the molecule is Cc1cc(N)cc(S(=O)(=O)Nc2ccc(F)cc2I)c1C. The summed E-state index contributed by atoms with van der Waals surface area (Å²) in [7, 11) is -3.78. The molecule has 0 aliphatic heterocycles. The van der Waals surface area contributed by atoms with Gasteiger partial charge in [0, 0.05) is 9.26 Å². The Morgan fingerprint density at radius 1 is 1.19 bits per heavy atom. The van der Waals surface area contributed by atoms with Gasteiger partial charge in [-0.15, -0.1) is 0 Å². The van der Waals surface area contributed by atoms with Crippen molar-refractivity contribution >= 4 is 44.0 Å². The molecule has 2 aromatic carbocycles. The van der Waals surface area contributed by atoms with Crippen molar-refractivity contribution in [1.29, 1.82) is 0 Å². The van der Waals surface area contributed by atoms with E-state index in [0.29, 0.717) is 20.5 Å². The van der Waals surface area contributed by atoms with E-state index in [4.69, 9.17) is 5.73 Å². The van der Waals surface area contributed by atoms with E-state index in [9.17, 15) is 12.8 Å². The zero-order valence-electron chi connectivity index (χ0n) is 11.4. The molecule has 0 aliphatic carbocycles. The van der Waals surface area contributed by atoms with Gasteiger partial charge in [-0.05, 0) is 77.9 Å². The summed E-state index contributed by atoms with van der Waals surface area (Å²) in [5, 5.41) is 0. The van der Waals surface area contributed by atoms with Crippen molar-refractivity contribution < 1.29 is 12.8 Å². The lowest BCUT2D eigenvalue weighted by atomic mass is 10.1. The van der Waals surface area contributed by atoms with E-state index in [1.807, 2.05) is 22.6 Å².